The Hall–Kier alpha value is -1.92. The average Bonchev–Trinajstić information content (AvgIpc) is 2.88. The van der Waals surface area contributed by atoms with Crippen molar-refractivity contribution in [1.82, 2.24) is 14.9 Å². The van der Waals surface area contributed by atoms with E-state index in [1.807, 2.05) is 31.3 Å². The average molecular weight is 274 g/mol. The number of ether oxygens (including phenoxy) is 1. The van der Waals surface area contributed by atoms with Gasteiger partial charge in [0.2, 0.25) is 0 Å². The summed E-state index contributed by atoms with van der Waals surface area (Å²) in [5.41, 5.74) is 7.28. The van der Waals surface area contributed by atoms with Crippen molar-refractivity contribution in [2.45, 2.75) is 31.5 Å². The zero-order valence-electron chi connectivity index (χ0n) is 11.3. The number of hydrogen-bond acceptors (Lipinski definition) is 4. The van der Waals surface area contributed by atoms with Gasteiger partial charge < -0.3 is 15.8 Å². The molecule has 0 saturated heterocycles. The number of amides is 1. The maximum atomic E-state index is 12.3. The summed E-state index contributed by atoms with van der Waals surface area (Å²) in [5, 5.41) is 7.11. The Balaban J connectivity index is 1.76. The number of fused-ring (bicyclic) bond motifs is 1. The smallest absolute Gasteiger partial charge is 0.255 e. The summed E-state index contributed by atoms with van der Waals surface area (Å²) in [6.45, 7) is 2.56. The first kappa shape index (κ1) is 13.1. The highest BCUT2D eigenvalue weighted by Crippen LogP contribution is 2.23. The van der Waals surface area contributed by atoms with Gasteiger partial charge in [-0.2, -0.15) is 5.10 Å². The molecule has 6 nitrogen and oxygen atoms in total. The predicted molar refractivity (Wildman–Crippen MR) is 74.5 cm³/mol. The molecule has 2 heterocycles. The highest BCUT2D eigenvalue weighted by Gasteiger charge is 2.40. The second-order valence-corrected chi connectivity index (χ2v) is 4.98. The summed E-state index contributed by atoms with van der Waals surface area (Å²) >= 11 is 0. The van der Waals surface area contributed by atoms with Gasteiger partial charge in [0.05, 0.1) is 29.4 Å². The minimum atomic E-state index is -0.156. The van der Waals surface area contributed by atoms with Crippen molar-refractivity contribution in [2.24, 2.45) is 5.73 Å². The molecule has 2 aromatic rings. The number of nitrogens with zero attached hydrogens (tertiary/aromatic N) is 2. The third-order valence-electron chi connectivity index (χ3n) is 3.72. The molecule has 1 aliphatic rings. The number of carbonyl (C=O) groups is 1. The van der Waals surface area contributed by atoms with E-state index < -0.39 is 0 Å². The van der Waals surface area contributed by atoms with Crippen LogP contribution in [0.15, 0.2) is 30.6 Å². The van der Waals surface area contributed by atoms with Crippen LogP contribution < -0.4 is 11.1 Å². The lowest BCUT2D eigenvalue weighted by Crippen LogP contribution is -2.64. The number of nitrogens with two attached hydrogens (primary N) is 1. The molecule has 3 atom stereocenters. The maximum Gasteiger partial charge on any atom is 0.255 e. The summed E-state index contributed by atoms with van der Waals surface area (Å²) in [6.07, 6.45) is 4.18. The SMILES string of the molecule is CCOC1CC(N)C1NC(=O)c1cnn2ccccc12. The van der Waals surface area contributed by atoms with Crippen molar-refractivity contribution in [3.63, 3.8) is 0 Å². The van der Waals surface area contributed by atoms with E-state index in [1.165, 1.54) is 0 Å². The van der Waals surface area contributed by atoms with Crippen molar-refractivity contribution in [1.29, 1.82) is 0 Å². The molecule has 2 aromatic heterocycles. The van der Waals surface area contributed by atoms with Crippen molar-refractivity contribution < 1.29 is 9.53 Å². The van der Waals surface area contributed by atoms with Gasteiger partial charge in [-0.05, 0) is 25.5 Å². The molecule has 3 N–H and O–H groups in total. The van der Waals surface area contributed by atoms with Crippen LogP contribution >= 0.6 is 0 Å². The number of pyridine rings is 1. The lowest BCUT2D eigenvalue weighted by Gasteiger charge is -2.42. The Bertz CT molecular complexity index is 622. The number of carbonyl (C=O) groups excluding carboxylic acids is 1. The van der Waals surface area contributed by atoms with E-state index >= 15 is 0 Å². The standard InChI is InChI=1S/C14H18N4O2/c1-2-20-12-7-10(15)13(12)17-14(19)9-8-16-18-6-4-3-5-11(9)18/h3-6,8,10,12-13H,2,7,15H2,1H3,(H,17,19). The molecule has 0 radical (unpaired) electrons. The van der Waals surface area contributed by atoms with E-state index in [9.17, 15) is 4.79 Å². The largest absolute Gasteiger partial charge is 0.376 e. The minimum absolute atomic E-state index is 0.0146. The third-order valence-corrected chi connectivity index (χ3v) is 3.72. The van der Waals surface area contributed by atoms with E-state index in [-0.39, 0.29) is 24.1 Å². The highest BCUT2D eigenvalue weighted by atomic mass is 16.5. The molecule has 1 fully saturated rings. The monoisotopic (exact) mass is 274 g/mol. The number of rotatable bonds is 4. The molecular weight excluding hydrogens is 256 g/mol. The van der Waals surface area contributed by atoms with Crippen LogP contribution in [0, 0.1) is 0 Å². The summed E-state index contributed by atoms with van der Waals surface area (Å²) in [4.78, 5) is 12.3. The Labute approximate surface area is 116 Å². The molecule has 3 rings (SSSR count). The normalized spacial score (nSPS) is 25.4. The van der Waals surface area contributed by atoms with Gasteiger partial charge in [-0.1, -0.05) is 6.07 Å². The van der Waals surface area contributed by atoms with Gasteiger partial charge in [0.15, 0.2) is 0 Å². The van der Waals surface area contributed by atoms with Crippen LogP contribution in [0.1, 0.15) is 23.7 Å². The molecule has 3 unspecified atom stereocenters. The van der Waals surface area contributed by atoms with E-state index in [0.29, 0.717) is 12.2 Å². The first-order chi connectivity index (χ1) is 9.70. The predicted octanol–water partition coefficient (Wildman–Crippen LogP) is 0.569. The zero-order chi connectivity index (χ0) is 14.1. The van der Waals surface area contributed by atoms with E-state index in [1.54, 1.807) is 10.7 Å². The van der Waals surface area contributed by atoms with E-state index in [2.05, 4.69) is 10.4 Å². The van der Waals surface area contributed by atoms with Crippen LogP contribution in [0.25, 0.3) is 5.52 Å². The van der Waals surface area contributed by atoms with Gasteiger partial charge in [0, 0.05) is 18.8 Å². The van der Waals surface area contributed by atoms with Crippen LogP contribution in [0.5, 0.6) is 0 Å². The molecule has 0 aromatic carbocycles. The fraction of sp³-hybridized carbons (Fsp3) is 0.429. The molecule has 0 aliphatic heterocycles. The molecule has 0 bridgehead atoms. The van der Waals surface area contributed by atoms with Gasteiger partial charge >= 0.3 is 0 Å². The minimum Gasteiger partial charge on any atom is -0.376 e. The topological polar surface area (TPSA) is 81.6 Å². The Morgan fingerprint density at radius 2 is 2.45 bits per heavy atom. The molecule has 1 aliphatic carbocycles. The second kappa shape index (κ2) is 5.22. The lowest BCUT2D eigenvalue weighted by molar-refractivity contribution is -0.0300. The first-order valence-electron chi connectivity index (χ1n) is 6.81. The van der Waals surface area contributed by atoms with E-state index in [0.717, 1.165) is 11.9 Å². The number of nitrogens with one attached hydrogen (secondary N) is 1. The number of hydrogen-bond donors (Lipinski definition) is 2. The fourth-order valence-electron chi connectivity index (χ4n) is 2.57. The molecule has 6 heteroatoms. The second-order valence-electron chi connectivity index (χ2n) is 4.98. The van der Waals surface area contributed by atoms with E-state index in [4.69, 9.17) is 10.5 Å². The Morgan fingerprint density at radius 3 is 3.20 bits per heavy atom. The summed E-state index contributed by atoms with van der Waals surface area (Å²) in [7, 11) is 0. The van der Waals surface area contributed by atoms with Crippen molar-refractivity contribution in [2.75, 3.05) is 6.61 Å². The summed E-state index contributed by atoms with van der Waals surface area (Å²) in [6, 6.07) is 5.45. The van der Waals surface area contributed by atoms with Crippen LogP contribution in [-0.4, -0.2) is 40.3 Å². The maximum absolute atomic E-state index is 12.3. The van der Waals surface area contributed by atoms with Gasteiger partial charge in [-0.3, -0.25) is 4.79 Å². The van der Waals surface area contributed by atoms with Gasteiger partial charge in [-0.15, -0.1) is 0 Å². The number of aromatic nitrogens is 2. The summed E-state index contributed by atoms with van der Waals surface area (Å²) < 4.78 is 7.23. The third kappa shape index (κ3) is 2.17. The van der Waals surface area contributed by atoms with Crippen molar-refractivity contribution in [3.8, 4) is 0 Å². The molecule has 1 amide bonds. The lowest BCUT2D eigenvalue weighted by atomic mass is 9.83. The van der Waals surface area contributed by atoms with Gasteiger partial charge in [0.25, 0.3) is 5.91 Å². The van der Waals surface area contributed by atoms with Crippen LogP contribution in [0.2, 0.25) is 0 Å². The van der Waals surface area contributed by atoms with Crippen LogP contribution in [0.4, 0.5) is 0 Å². The van der Waals surface area contributed by atoms with Crippen molar-refractivity contribution in [3.05, 3.63) is 36.2 Å². The fourth-order valence-corrected chi connectivity index (χ4v) is 2.57. The molecule has 20 heavy (non-hydrogen) atoms. The van der Waals surface area contributed by atoms with Crippen molar-refractivity contribution >= 4 is 11.4 Å². The first-order valence-corrected chi connectivity index (χ1v) is 6.81. The van der Waals surface area contributed by atoms with Gasteiger partial charge in [-0.25, -0.2) is 4.52 Å². The molecular formula is C14H18N4O2. The van der Waals surface area contributed by atoms with Crippen LogP contribution in [-0.2, 0) is 4.74 Å². The summed E-state index contributed by atoms with van der Waals surface area (Å²) in [5.74, 6) is -0.156. The molecule has 0 spiro atoms. The molecule has 1 saturated carbocycles. The quantitative estimate of drug-likeness (QED) is 0.854. The zero-order valence-corrected chi connectivity index (χ0v) is 11.3. The van der Waals surface area contributed by atoms with Gasteiger partial charge in [0.1, 0.15) is 0 Å². The Kier molecular flexibility index (Phi) is 3.42. The highest BCUT2D eigenvalue weighted by molar-refractivity contribution is 6.00. The molecule has 106 valence electrons. The van der Waals surface area contributed by atoms with Crippen LogP contribution in [0.3, 0.4) is 0 Å². The Morgan fingerprint density at radius 1 is 1.60 bits per heavy atom.